The maximum absolute atomic E-state index is 9.04. The Hall–Kier alpha value is -1.70. The number of phenols is 2. The van der Waals surface area contributed by atoms with Gasteiger partial charge in [0.05, 0.1) is 0 Å². The summed E-state index contributed by atoms with van der Waals surface area (Å²) in [6, 6.07) is 4.70. The lowest BCUT2D eigenvalue weighted by Gasteiger charge is -1.97. The molecule has 0 saturated carbocycles. The number of allylic oxidation sites excluding steroid dienone is 1. The van der Waals surface area contributed by atoms with E-state index in [-0.39, 0.29) is 11.5 Å². The van der Waals surface area contributed by atoms with E-state index in [1.54, 1.807) is 6.07 Å². The minimum absolute atomic E-state index is 0.0828. The van der Waals surface area contributed by atoms with Gasteiger partial charge in [-0.2, -0.15) is 0 Å². The first-order valence-electron chi connectivity index (χ1n) is 3.88. The third-order valence-corrected chi connectivity index (χ3v) is 1.36. The first kappa shape index (κ1) is 11.3. The summed E-state index contributed by atoms with van der Waals surface area (Å²) < 4.78 is 0. The van der Waals surface area contributed by atoms with E-state index in [1.165, 1.54) is 12.1 Å². The van der Waals surface area contributed by atoms with Crippen LogP contribution in [0.15, 0.2) is 37.4 Å². The zero-order valence-corrected chi connectivity index (χ0v) is 7.70. The first-order chi connectivity index (χ1) is 6.24. The van der Waals surface area contributed by atoms with Gasteiger partial charge in [0, 0.05) is 0 Å². The summed E-state index contributed by atoms with van der Waals surface area (Å²) in [5, 5.41) is 18.0. The summed E-state index contributed by atoms with van der Waals surface area (Å²) in [6.07, 6.45) is 3.71. The van der Waals surface area contributed by atoms with Crippen LogP contribution in [0.4, 0.5) is 0 Å². The second-order valence-corrected chi connectivity index (χ2v) is 2.25. The Kier molecular flexibility index (Phi) is 5.12. The van der Waals surface area contributed by atoms with Crippen LogP contribution in [-0.2, 0) is 0 Å². The fourth-order valence-corrected chi connectivity index (χ4v) is 0.837. The van der Waals surface area contributed by atoms with E-state index in [4.69, 9.17) is 10.2 Å². The Balaban J connectivity index is 0.000000671. The second-order valence-electron chi connectivity index (χ2n) is 2.25. The van der Waals surface area contributed by atoms with Crippen molar-refractivity contribution in [3.8, 4) is 11.5 Å². The number of hydrogen-bond acceptors (Lipinski definition) is 2. The molecular formula is C11H14O2. The van der Waals surface area contributed by atoms with Crippen LogP contribution < -0.4 is 0 Å². The molecule has 70 valence electrons. The molecule has 1 aromatic rings. The topological polar surface area (TPSA) is 40.5 Å². The number of aromatic hydroxyl groups is 2. The number of hydrogen-bond donors (Lipinski definition) is 2. The maximum Gasteiger partial charge on any atom is 0.157 e. The van der Waals surface area contributed by atoms with Crippen LogP contribution in [0.1, 0.15) is 12.5 Å². The third kappa shape index (κ3) is 3.47. The molecule has 0 spiro atoms. The summed E-state index contributed by atoms with van der Waals surface area (Å²) in [5.74, 6) is -0.168. The first-order valence-corrected chi connectivity index (χ1v) is 3.88. The molecule has 0 saturated heterocycles. The number of benzene rings is 1. The minimum atomic E-state index is -0.0850. The quantitative estimate of drug-likeness (QED) is 0.512. The summed E-state index contributed by atoms with van der Waals surface area (Å²) in [7, 11) is 0. The molecule has 0 heterocycles. The van der Waals surface area contributed by atoms with Gasteiger partial charge in [-0.3, -0.25) is 0 Å². The van der Waals surface area contributed by atoms with Gasteiger partial charge in [0.25, 0.3) is 0 Å². The van der Waals surface area contributed by atoms with E-state index in [9.17, 15) is 0 Å². The highest BCUT2D eigenvalue weighted by Crippen LogP contribution is 2.25. The SMILES string of the molecule is C/C=C/c1ccc(O)c(O)c1.C=C. The zero-order valence-electron chi connectivity index (χ0n) is 7.70. The molecule has 2 heteroatoms. The fraction of sp³-hybridized carbons (Fsp3) is 0.0909. The molecule has 0 aliphatic rings. The van der Waals surface area contributed by atoms with Gasteiger partial charge in [0.2, 0.25) is 0 Å². The number of rotatable bonds is 1. The van der Waals surface area contributed by atoms with Crippen LogP contribution >= 0.6 is 0 Å². The molecule has 0 bridgehead atoms. The summed E-state index contributed by atoms with van der Waals surface area (Å²) in [4.78, 5) is 0. The molecule has 0 radical (unpaired) electrons. The van der Waals surface area contributed by atoms with E-state index in [1.807, 2.05) is 19.1 Å². The fourth-order valence-electron chi connectivity index (χ4n) is 0.837. The Bertz CT molecular complexity index is 290. The monoisotopic (exact) mass is 178 g/mol. The van der Waals surface area contributed by atoms with Gasteiger partial charge in [-0.25, -0.2) is 0 Å². The van der Waals surface area contributed by atoms with E-state index in [0.717, 1.165) is 5.56 Å². The van der Waals surface area contributed by atoms with Gasteiger partial charge >= 0.3 is 0 Å². The molecule has 0 fully saturated rings. The molecule has 2 N–H and O–H groups in total. The van der Waals surface area contributed by atoms with Crippen molar-refractivity contribution in [2.24, 2.45) is 0 Å². The summed E-state index contributed by atoms with van der Waals surface area (Å²) >= 11 is 0. The van der Waals surface area contributed by atoms with Crippen LogP contribution in [-0.4, -0.2) is 10.2 Å². The highest BCUT2D eigenvalue weighted by Gasteiger charge is 1.96. The molecule has 0 unspecified atom stereocenters. The van der Waals surface area contributed by atoms with Crippen molar-refractivity contribution in [3.63, 3.8) is 0 Å². The smallest absolute Gasteiger partial charge is 0.157 e. The minimum Gasteiger partial charge on any atom is -0.504 e. The molecule has 0 aromatic heterocycles. The highest BCUT2D eigenvalue weighted by molar-refractivity contribution is 5.54. The third-order valence-electron chi connectivity index (χ3n) is 1.36. The van der Waals surface area contributed by atoms with Crippen LogP contribution in [0.25, 0.3) is 6.08 Å². The summed E-state index contributed by atoms with van der Waals surface area (Å²) in [6.45, 7) is 7.89. The second kappa shape index (κ2) is 5.89. The van der Waals surface area contributed by atoms with Crippen molar-refractivity contribution in [3.05, 3.63) is 43.0 Å². The predicted octanol–water partition coefficient (Wildman–Crippen LogP) is 2.93. The van der Waals surface area contributed by atoms with Gasteiger partial charge in [-0.1, -0.05) is 18.2 Å². The molecule has 0 atom stereocenters. The lowest BCUT2D eigenvalue weighted by Crippen LogP contribution is -1.72. The molecule has 1 rings (SSSR count). The van der Waals surface area contributed by atoms with Crippen molar-refractivity contribution < 1.29 is 10.2 Å². The maximum atomic E-state index is 9.04. The van der Waals surface area contributed by atoms with Crippen molar-refractivity contribution >= 4 is 6.08 Å². The Morgan fingerprint density at radius 2 is 1.77 bits per heavy atom. The van der Waals surface area contributed by atoms with Crippen LogP contribution in [0.5, 0.6) is 11.5 Å². The summed E-state index contributed by atoms with van der Waals surface area (Å²) in [5.41, 5.74) is 0.878. The molecule has 2 nitrogen and oxygen atoms in total. The van der Waals surface area contributed by atoms with Crippen molar-refractivity contribution in [1.82, 2.24) is 0 Å². The van der Waals surface area contributed by atoms with E-state index in [2.05, 4.69) is 13.2 Å². The average molecular weight is 178 g/mol. The van der Waals surface area contributed by atoms with E-state index < -0.39 is 0 Å². The normalized spacial score (nSPS) is 9.31. The molecular weight excluding hydrogens is 164 g/mol. The Morgan fingerprint density at radius 3 is 2.23 bits per heavy atom. The van der Waals surface area contributed by atoms with Crippen LogP contribution in [0.3, 0.4) is 0 Å². The van der Waals surface area contributed by atoms with Crippen LogP contribution in [0.2, 0.25) is 0 Å². The van der Waals surface area contributed by atoms with Crippen molar-refractivity contribution in [1.29, 1.82) is 0 Å². The van der Waals surface area contributed by atoms with Gasteiger partial charge in [-0.15, -0.1) is 13.2 Å². The highest BCUT2D eigenvalue weighted by atomic mass is 16.3. The molecule has 0 aliphatic heterocycles. The standard InChI is InChI=1S/C9H10O2.C2H4/c1-2-3-7-4-5-8(10)9(11)6-7;1-2/h2-6,10-11H,1H3;1-2H2/b3-2+;. The average Bonchev–Trinajstić information content (AvgIpc) is 2.15. The molecule has 0 amide bonds. The van der Waals surface area contributed by atoms with Gasteiger partial charge in [-0.05, 0) is 24.6 Å². The molecule has 0 aliphatic carbocycles. The van der Waals surface area contributed by atoms with E-state index in [0.29, 0.717) is 0 Å². The van der Waals surface area contributed by atoms with Crippen molar-refractivity contribution in [2.45, 2.75) is 6.92 Å². The molecule has 13 heavy (non-hydrogen) atoms. The molecule has 1 aromatic carbocycles. The largest absolute Gasteiger partial charge is 0.504 e. The van der Waals surface area contributed by atoms with E-state index >= 15 is 0 Å². The lowest BCUT2D eigenvalue weighted by atomic mass is 10.2. The van der Waals surface area contributed by atoms with Gasteiger partial charge < -0.3 is 10.2 Å². The zero-order chi connectivity index (χ0) is 10.3. The van der Waals surface area contributed by atoms with Crippen LogP contribution in [0, 0.1) is 0 Å². The Morgan fingerprint density at radius 1 is 1.15 bits per heavy atom. The van der Waals surface area contributed by atoms with Crippen molar-refractivity contribution in [2.75, 3.05) is 0 Å². The van der Waals surface area contributed by atoms with Gasteiger partial charge in [0.15, 0.2) is 11.5 Å². The van der Waals surface area contributed by atoms with Gasteiger partial charge in [0.1, 0.15) is 0 Å². The predicted molar refractivity (Wildman–Crippen MR) is 55.7 cm³/mol. The number of phenolic OH excluding ortho intramolecular Hbond substituents is 2. The lowest BCUT2D eigenvalue weighted by molar-refractivity contribution is 0.403. The Labute approximate surface area is 78.5 Å².